The summed E-state index contributed by atoms with van der Waals surface area (Å²) in [6, 6.07) is 7.57. The van der Waals surface area contributed by atoms with Crippen molar-refractivity contribution >= 4 is 11.7 Å². The zero-order valence-electron chi connectivity index (χ0n) is 12.8. The van der Waals surface area contributed by atoms with E-state index in [1.165, 1.54) is 0 Å². The van der Waals surface area contributed by atoms with E-state index in [0.717, 1.165) is 18.4 Å². The van der Waals surface area contributed by atoms with Crippen LogP contribution in [-0.2, 0) is 14.3 Å². The number of Topliss-reactive ketones (excluding diaryl/α,β-unsaturated/α-hetero) is 1. The van der Waals surface area contributed by atoms with Crippen LogP contribution in [0.4, 0.5) is 0 Å². The Morgan fingerprint density at radius 1 is 1.36 bits per heavy atom. The minimum atomic E-state index is -0.617. The summed E-state index contributed by atoms with van der Waals surface area (Å²) in [5, 5.41) is 0. The largest absolute Gasteiger partial charge is 0.484 e. The molecule has 2 fully saturated rings. The van der Waals surface area contributed by atoms with Gasteiger partial charge in [-0.05, 0) is 31.4 Å². The molecule has 5 nitrogen and oxygen atoms in total. The Labute approximate surface area is 130 Å². The molecule has 1 aromatic carbocycles. The maximum absolute atomic E-state index is 12.3. The van der Waals surface area contributed by atoms with Crippen molar-refractivity contribution in [3.8, 4) is 5.75 Å². The molecule has 1 unspecified atom stereocenters. The highest BCUT2D eigenvalue weighted by molar-refractivity contribution is 5.93. The SMILES string of the molecule is Cc1ccccc1OCC(=O)N1CCC2(CCCO2)C(=O)C1. The average Bonchev–Trinajstić information content (AvgIpc) is 2.99. The normalized spacial score (nSPS) is 24.8. The standard InChI is InChI=1S/C17H21NO4/c1-13-5-2-3-6-14(13)21-12-16(20)18-9-8-17(15(19)11-18)7-4-10-22-17/h2-3,5-6H,4,7-12H2,1H3. The van der Waals surface area contributed by atoms with Crippen molar-refractivity contribution in [2.45, 2.75) is 31.8 Å². The Morgan fingerprint density at radius 2 is 2.18 bits per heavy atom. The van der Waals surface area contributed by atoms with E-state index < -0.39 is 5.60 Å². The fraction of sp³-hybridized carbons (Fsp3) is 0.529. The second kappa shape index (κ2) is 6.08. The van der Waals surface area contributed by atoms with Crippen molar-refractivity contribution in [1.82, 2.24) is 4.90 Å². The van der Waals surface area contributed by atoms with E-state index in [4.69, 9.17) is 9.47 Å². The number of hydrogen-bond acceptors (Lipinski definition) is 4. The molecule has 22 heavy (non-hydrogen) atoms. The van der Waals surface area contributed by atoms with Crippen LogP contribution in [0, 0.1) is 6.92 Å². The summed E-state index contributed by atoms with van der Waals surface area (Å²) >= 11 is 0. The summed E-state index contributed by atoms with van der Waals surface area (Å²) in [5.41, 5.74) is 0.372. The quantitative estimate of drug-likeness (QED) is 0.853. The van der Waals surface area contributed by atoms with Gasteiger partial charge in [0.05, 0.1) is 6.54 Å². The molecule has 1 atom stereocenters. The lowest BCUT2D eigenvalue weighted by atomic mass is 9.87. The Hall–Kier alpha value is -1.88. The van der Waals surface area contributed by atoms with Crippen LogP contribution in [0.3, 0.4) is 0 Å². The van der Waals surface area contributed by atoms with Crippen molar-refractivity contribution in [3.05, 3.63) is 29.8 Å². The zero-order valence-corrected chi connectivity index (χ0v) is 12.8. The third-order valence-electron chi connectivity index (χ3n) is 4.53. The first-order valence-electron chi connectivity index (χ1n) is 7.74. The summed E-state index contributed by atoms with van der Waals surface area (Å²) in [6.45, 7) is 3.24. The number of piperidine rings is 1. The summed E-state index contributed by atoms with van der Waals surface area (Å²) in [6.07, 6.45) is 2.31. The lowest BCUT2D eigenvalue weighted by Gasteiger charge is -2.37. The van der Waals surface area contributed by atoms with Gasteiger partial charge in [-0.2, -0.15) is 0 Å². The fourth-order valence-electron chi connectivity index (χ4n) is 3.13. The number of benzene rings is 1. The number of nitrogens with zero attached hydrogens (tertiary/aromatic N) is 1. The molecule has 0 aliphatic carbocycles. The summed E-state index contributed by atoms with van der Waals surface area (Å²) in [4.78, 5) is 26.1. The Morgan fingerprint density at radius 3 is 2.86 bits per heavy atom. The monoisotopic (exact) mass is 303 g/mol. The van der Waals surface area contributed by atoms with E-state index in [9.17, 15) is 9.59 Å². The highest BCUT2D eigenvalue weighted by Gasteiger charge is 2.46. The average molecular weight is 303 g/mol. The van der Waals surface area contributed by atoms with Crippen LogP contribution in [0.25, 0.3) is 0 Å². The van der Waals surface area contributed by atoms with E-state index in [1.54, 1.807) is 4.90 Å². The van der Waals surface area contributed by atoms with Gasteiger partial charge in [-0.25, -0.2) is 0 Å². The number of para-hydroxylation sites is 1. The topological polar surface area (TPSA) is 55.8 Å². The minimum absolute atomic E-state index is 0.0282. The molecule has 2 saturated heterocycles. The van der Waals surface area contributed by atoms with Crippen molar-refractivity contribution in [2.24, 2.45) is 0 Å². The van der Waals surface area contributed by atoms with Gasteiger partial charge in [0.1, 0.15) is 11.4 Å². The number of aryl methyl sites for hydroxylation is 1. The molecule has 0 N–H and O–H groups in total. The molecule has 1 amide bonds. The number of carbonyl (C=O) groups excluding carboxylic acids is 2. The molecular formula is C17H21NO4. The Balaban J connectivity index is 1.55. The molecule has 0 saturated carbocycles. The minimum Gasteiger partial charge on any atom is -0.484 e. The third-order valence-corrected chi connectivity index (χ3v) is 4.53. The van der Waals surface area contributed by atoms with Crippen molar-refractivity contribution in [1.29, 1.82) is 0 Å². The van der Waals surface area contributed by atoms with E-state index in [-0.39, 0.29) is 24.8 Å². The van der Waals surface area contributed by atoms with Gasteiger partial charge < -0.3 is 14.4 Å². The molecule has 5 heteroatoms. The number of amides is 1. The molecule has 3 rings (SSSR count). The number of ether oxygens (including phenoxy) is 2. The molecule has 1 aromatic rings. The Kier molecular flexibility index (Phi) is 4.16. The second-order valence-corrected chi connectivity index (χ2v) is 5.99. The maximum Gasteiger partial charge on any atom is 0.260 e. The van der Waals surface area contributed by atoms with Gasteiger partial charge in [-0.1, -0.05) is 18.2 Å². The van der Waals surface area contributed by atoms with E-state index >= 15 is 0 Å². The Bertz CT molecular complexity index is 578. The molecule has 2 aliphatic rings. The highest BCUT2D eigenvalue weighted by atomic mass is 16.5. The molecule has 0 aromatic heterocycles. The molecule has 118 valence electrons. The number of hydrogen-bond donors (Lipinski definition) is 0. The van der Waals surface area contributed by atoms with Crippen LogP contribution in [0.2, 0.25) is 0 Å². The molecule has 1 spiro atoms. The third kappa shape index (κ3) is 2.86. The van der Waals surface area contributed by atoms with E-state index in [1.807, 2.05) is 31.2 Å². The van der Waals surface area contributed by atoms with Crippen molar-refractivity contribution in [2.75, 3.05) is 26.3 Å². The second-order valence-electron chi connectivity index (χ2n) is 5.99. The predicted octanol–water partition coefficient (Wildman–Crippen LogP) is 1.72. The van der Waals surface area contributed by atoms with Crippen LogP contribution in [0.5, 0.6) is 5.75 Å². The van der Waals surface area contributed by atoms with Crippen LogP contribution >= 0.6 is 0 Å². The first-order chi connectivity index (χ1) is 10.6. The van der Waals surface area contributed by atoms with Gasteiger partial charge in [0.2, 0.25) is 0 Å². The number of carbonyl (C=O) groups is 2. The van der Waals surface area contributed by atoms with Gasteiger partial charge in [0, 0.05) is 19.6 Å². The molecule has 2 aliphatic heterocycles. The van der Waals surface area contributed by atoms with Gasteiger partial charge >= 0.3 is 0 Å². The summed E-state index contributed by atoms with van der Waals surface area (Å²) < 4.78 is 11.2. The van der Waals surface area contributed by atoms with Gasteiger partial charge in [0.25, 0.3) is 5.91 Å². The van der Waals surface area contributed by atoms with Gasteiger partial charge in [-0.15, -0.1) is 0 Å². The van der Waals surface area contributed by atoms with Crippen LogP contribution in [0.15, 0.2) is 24.3 Å². The van der Waals surface area contributed by atoms with Crippen molar-refractivity contribution < 1.29 is 19.1 Å². The molecule has 2 heterocycles. The van der Waals surface area contributed by atoms with E-state index in [0.29, 0.717) is 25.3 Å². The maximum atomic E-state index is 12.3. The molecular weight excluding hydrogens is 282 g/mol. The zero-order chi connectivity index (χ0) is 15.6. The van der Waals surface area contributed by atoms with Gasteiger partial charge in [-0.3, -0.25) is 9.59 Å². The lowest BCUT2D eigenvalue weighted by Crippen LogP contribution is -2.54. The molecule has 0 bridgehead atoms. The molecule has 0 radical (unpaired) electrons. The number of likely N-dealkylation sites (tertiary alicyclic amines) is 1. The van der Waals surface area contributed by atoms with Gasteiger partial charge in [0.15, 0.2) is 12.4 Å². The van der Waals surface area contributed by atoms with Crippen LogP contribution in [0.1, 0.15) is 24.8 Å². The first kappa shape index (κ1) is 15.0. The first-order valence-corrected chi connectivity index (χ1v) is 7.74. The predicted molar refractivity (Wildman–Crippen MR) is 80.8 cm³/mol. The number of rotatable bonds is 3. The smallest absolute Gasteiger partial charge is 0.260 e. The fourth-order valence-corrected chi connectivity index (χ4v) is 3.13. The lowest BCUT2D eigenvalue weighted by molar-refractivity contribution is -0.153. The summed E-state index contributed by atoms with van der Waals surface area (Å²) in [7, 11) is 0. The van der Waals surface area contributed by atoms with Crippen LogP contribution in [-0.4, -0.2) is 48.5 Å². The van der Waals surface area contributed by atoms with Crippen LogP contribution < -0.4 is 4.74 Å². The van der Waals surface area contributed by atoms with Crippen molar-refractivity contribution in [3.63, 3.8) is 0 Å². The summed E-state index contributed by atoms with van der Waals surface area (Å²) in [5.74, 6) is 0.583. The highest BCUT2D eigenvalue weighted by Crippen LogP contribution is 2.33. The number of ketones is 1. The van der Waals surface area contributed by atoms with E-state index in [2.05, 4.69) is 0 Å².